The van der Waals surface area contributed by atoms with Crippen LogP contribution in [0.2, 0.25) is 5.02 Å². The number of hydrogen-bond donors (Lipinski definition) is 2. The van der Waals surface area contributed by atoms with Crippen molar-refractivity contribution in [3.05, 3.63) is 64.4 Å². The quantitative estimate of drug-likeness (QED) is 0.910. The van der Waals surface area contributed by atoms with E-state index in [0.29, 0.717) is 17.0 Å². The van der Waals surface area contributed by atoms with Crippen molar-refractivity contribution in [3.63, 3.8) is 0 Å². The molecule has 0 spiro atoms. The summed E-state index contributed by atoms with van der Waals surface area (Å²) in [5, 5.41) is 12.6. The Labute approximate surface area is 121 Å². The van der Waals surface area contributed by atoms with Gasteiger partial charge in [-0.15, -0.1) is 0 Å². The number of halogens is 2. The lowest BCUT2D eigenvalue weighted by Gasteiger charge is -2.07. The predicted octanol–water partition coefficient (Wildman–Crippen LogP) is 3.16. The molecule has 2 aromatic carbocycles. The van der Waals surface area contributed by atoms with Gasteiger partial charge in [0.1, 0.15) is 11.6 Å². The fraction of sp³-hybridized carbons (Fsp3) is 0.133. The van der Waals surface area contributed by atoms with Crippen LogP contribution in [0.15, 0.2) is 42.5 Å². The Bertz CT molecular complexity index is 631. The number of phenols is 1. The molecule has 0 saturated carbocycles. The van der Waals surface area contributed by atoms with Gasteiger partial charge in [0, 0.05) is 11.6 Å². The van der Waals surface area contributed by atoms with Gasteiger partial charge in [0.15, 0.2) is 0 Å². The van der Waals surface area contributed by atoms with E-state index in [-0.39, 0.29) is 23.7 Å². The van der Waals surface area contributed by atoms with Crippen molar-refractivity contribution < 1.29 is 14.3 Å². The molecule has 0 atom stereocenters. The van der Waals surface area contributed by atoms with Crippen molar-refractivity contribution in [2.75, 3.05) is 6.54 Å². The highest BCUT2D eigenvalue weighted by molar-refractivity contribution is 6.31. The van der Waals surface area contributed by atoms with Gasteiger partial charge in [-0.05, 0) is 36.2 Å². The molecule has 0 saturated heterocycles. The highest BCUT2D eigenvalue weighted by Crippen LogP contribution is 2.21. The molecule has 5 heteroatoms. The highest BCUT2D eigenvalue weighted by atomic mass is 35.5. The molecule has 0 unspecified atom stereocenters. The van der Waals surface area contributed by atoms with Crippen LogP contribution in [-0.4, -0.2) is 17.6 Å². The lowest BCUT2D eigenvalue weighted by molar-refractivity contribution is 0.0951. The molecule has 3 nitrogen and oxygen atoms in total. The minimum absolute atomic E-state index is 0.103. The van der Waals surface area contributed by atoms with Crippen LogP contribution in [0.1, 0.15) is 15.9 Å². The molecule has 0 aliphatic carbocycles. The lowest BCUT2D eigenvalue weighted by Crippen LogP contribution is -2.26. The topological polar surface area (TPSA) is 49.3 Å². The molecule has 104 valence electrons. The Balaban J connectivity index is 1.96. The fourth-order valence-electron chi connectivity index (χ4n) is 1.80. The number of aromatic hydroxyl groups is 1. The average Bonchev–Trinajstić information content (AvgIpc) is 2.43. The minimum atomic E-state index is -0.443. The SMILES string of the molecule is O=C(NCCc1ccccc1F)c1cc(Cl)ccc1O. The zero-order chi connectivity index (χ0) is 14.5. The van der Waals surface area contributed by atoms with Gasteiger partial charge < -0.3 is 10.4 Å². The Kier molecular flexibility index (Phi) is 4.58. The predicted molar refractivity (Wildman–Crippen MR) is 75.6 cm³/mol. The molecule has 0 heterocycles. The summed E-state index contributed by atoms with van der Waals surface area (Å²) in [4.78, 5) is 11.9. The molecular weight excluding hydrogens is 281 g/mol. The van der Waals surface area contributed by atoms with Gasteiger partial charge in [0.25, 0.3) is 5.91 Å². The van der Waals surface area contributed by atoms with Gasteiger partial charge in [-0.1, -0.05) is 29.8 Å². The van der Waals surface area contributed by atoms with Crippen LogP contribution < -0.4 is 5.32 Å². The smallest absolute Gasteiger partial charge is 0.255 e. The highest BCUT2D eigenvalue weighted by Gasteiger charge is 2.11. The van der Waals surface area contributed by atoms with Gasteiger partial charge in [0.05, 0.1) is 5.56 Å². The fourth-order valence-corrected chi connectivity index (χ4v) is 1.97. The third-order valence-corrected chi connectivity index (χ3v) is 3.08. The molecule has 0 radical (unpaired) electrons. The number of rotatable bonds is 4. The first-order chi connectivity index (χ1) is 9.58. The van der Waals surface area contributed by atoms with Crippen LogP contribution in [0.25, 0.3) is 0 Å². The van der Waals surface area contributed by atoms with Crippen LogP contribution in [0.3, 0.4) is 0 Å². The molecule has 0 aliphatic heterocycles. The van der Waals surface area contributed by atoms with Crippen LogP contribution in [-0.2, 0) is 6.42 Å². The van der Waals surface area contributed by atoms with Crippen molar-refractivity contribution in [2.24, 2.45) is 0 Å². The van der Waals surface area contributed by atoms with E-state index in [1.54, 1.807) is 18.2 Å². The normalized spacial score (nSPS) is 10.3. The van der Waals surface area contributed by atoms with Crippen LogP contribution in [0, 0.1) is 5.82 Å². The molecule has 1 amide bonds. The molecule has 2 rings (SSSR count). The van der Waals surface area contributed by atoms with Crippen LogP contribution in [0.4, 0.5) is 4.39 Å². The second-order valence-electron chi connectivity index (χ2n) is 4.26. The van der Waals surface area contributed by atoms with E-state index in [1.807, 2.05) is 0 Å². The molecular formula is C15H13ClFNO2. The third kappa shape index (κ3) is 3.48. The standard InChI is InChI=1S/C15H13ClFNO2/c16-11-5-6-14(19)12(9-11)15(20)18-8-7-10-3-1-2-4-13(10)17/h1-6,9,19H,7-8H2,(H,18,20). The van der Waals surface area contributed by atoms with Crippen molar-refractivity contribution >= 4 is 17.5 Å². The minimum Gasteiger partial charge on any atom is -0.507 e. The average molecular weight is 294 g/mol. The first-order valence-electron chi connectivity index (χ1n) is 6.08. The number of nitrogens with one attached hydrogen (secondary N) is 1. The van der Waals surface area contributed by atoms with E-state index in [9.17, 15) is 14.3 Å². The van der Waals surface area contributed by atoms with Gasteiger partial charge in [-0.3, -0.25) is 4.79 Å². The summed E-state index contributed by atoms with van der Waals surface area (Å²) in [5.41, 5.74) is 0.633. The van der Waals surface area contributed by atoms with E-state index in [2.05, 4.69) is 5.32 Å². The van der Waals surface area contributed by atoms with E-state index < -0.39 is 5.91 Å². The van der Waals surface area contributed by atoms with E-state index in [1.165, 1.54) is 24.3 Å². The van der Waals surface area contributed by atoms with Crippen molar-refractivity contribution in [2.45, 2.75) is 6.42 Å². The third-order valence-electron chi connectivity index (χ3n) is 2.84. The maximum absolute atomic E-state index is 13.4. The molecule has 0 aromatic heterocycles. The molecule has 20 heavy (non-hydrogen) atoms. The maximum Gasteiger partial charge on any atom is 0.255 e. The molecule has 2 N–H and O–H groups in total. The summed E-state index contributed by atoms with van der Waals surface area (Å²) < 4.78 is 13.4. The first-order valence-corrected chi connectivity index (χ1v) is 6.46. The summed E-state index contributed by atoms with van der Waals surface area (Å²) in [6.45, 7) is 0.270. The maximum atomic E-state index is 13.4. The second-order valence-corrected chi connectivity index (χ2v) is 4.70. The number of hydrogen-bond acceptors (Lipinski definition) is 2. The van der Waals surface area contributed by atoms with Gasteiger partial charge in [-0.25, -0.2) is 4.39 Å². The number of benzene rings is 2. The molecule has 0 fully saturated rings. The zero-order valence-electron chi connectivity index (χ0n) is 10.6. The Morgan fingerprint density at radius 1 is 1.25 bits per heavy atom. The number of carbonyl (C=O) groups excluding carboxylic acids is 1. The van der Waals surface area contributed by atoms with Gasteiger partial charge in [-0.2, -0.15) is 0 Å². The van der Waals surface area contributed by atoms with Crippen molar-refractivity contribution in [3.8, 4) is 5.75 Å². The Morgan fingerprint density at radius 3 is 2.75 bits per heavy atom. The zero-order valence-corrected chi connectivity index (χ0v) is 11.3. The summed E-state index contributed by atoms with van der Waals surface area (Å²) in [5.74, 6) is -0.883. The van der Waals surface area contributed by atoms with Crippen LogP contribution in [0.5, 0.6) is 5.75 Å². The van der Waals surface area contributed by atoms with E-state index in [4.69, 9.17) is 11.6 Å². The van der Waals surface area contributed by atoms with Gasteiger partial charge in [0.2, 0.25) is 0 Å². The monoisotopic (exact) mass is 293 g/mol. The number of carbonyl (C=O) groups is 1. The van der Waals surface area contributed by atoms with E-state index >= 15 is 0 Å². The molecule has 2 aromatic rings. The number of phenolic OH excluding ortho intramolecular Hbond substituents is 1. The Hall–Kier alpha value is -2.07. The summed E-state index contributed by atoms with van der Waals surface area (Å²) >= 11 is 5.77. The molecule has 0 bridgehead atoms. The van der Waals surface area contributed by atoms with Crippen LogP contribution >= 0.6 is 11.6 Å². The van der Waals surface area contributed by atoms with Gasteiger partial charge >= 0.3 is 0 Å². The Morgan fingerprint density at radius 2 is 2.00 bits per heavy atom. The number of amides is 1. The summed E-state index contributed by atoms with van der Waals surface area (Å²) in [7, 11) is 0. The lowest BCUT2D eigenvalue weighted by atomic mass is 10.1. The summed E-state index contributed by atoms with van der Waals surface area (Å²) in [6.07, 6.45) is 0.375. The van der Waals surface area contributed by atoms with E-state index in [0.717, 1.165) is 0 Å². The first kappa shape index (κ1) is 14.3. The summed E-state index contributed by atoms with van der Waals surface area (Å²) in [6, 6.07) is 10.6. The largest absolute Gasteiger partial charge is 0.507 e. The molecule has 0 aliphatic rings. The second kappa shape index (κ2) is 6.39. The van der Waals surface area contributed by atoms with Crippen molar-refractivity contribution in [1.82, 2.24) is 5.32 Å². The van der Waals surface area contributed by atoms with Crippen molar-refractivity contribution in [1.29, 1.82) is 0 Å².